The van der Waals surface area contributed by atoms with Crippen molar-refractivity contribution in [2.75, 3.05) is 63.8 Å². The van der Waals surface area contributed by atoms with E-state index in [1.807, 2.05) is 0 Å². The summed E-state index contributed by atoms with van der Waals surface area (Å²) in [6, 6.07) is 9.08. The van der Waals surface area contributed by atoms with Crippen LogP contribution in [0.25, 0.3) is 0 Å². The van der Waals surface area contributed by atoms with Gasteiger partial charge in [-0.15, -0.1) is 0 Å². The van der Waals surface area contributed by atoms with Crippen LogP contribution in [0.1, 0.15) is 12.0 Å². The van der Waals surface area contributed by atoms with Crippen molar-refractivity contribution in [1.82, 2.24) is 10.2 Å². The average molecular weight is 549 g/mol. The van der Waals surface area contributed by atoms with E-state index in [1.54, 1.807) is 36.4 Å². The van der Waals surface area contributed by atoms with E-state index in [0.29, 0.717) is 42.1 Å². The van der Waals surface area contributed by atoms with Crippen LogP contribution < -0.4 is 25.0 Å². The van der Waals surface area contributed by atoms with Crippen molar-refractivity contribution in [1.29, 1.82) is 0 Å². The maximum atomic E-state index is 13.6. The Kier molecular flexibility index (Phi) is 7.80. The normalized spacial score (nSPS) is 20.1. The summed E-state index contributed by atoms with van der Waals surface area (Å²) >= 11 is 3.41. The number of aliphatic hydroxyl groups is 1. The topological polar surface area (TPSA) is 113 Å². The number of hydrogen-bond acceptors (Lipinski definition) is 7. The molecule has 188 valence electrons. The van der Waals surface area contributed by atoms with Crippen LogP contribution in [0.2, 0.25) is 0 Å². The highest BCUT2D eigenvalue weighted by Gasteiger charge is 2.52. The molecule has 2 aromatic carbocycles. The van der Waals surface area contributed by atoms with Crippen molar-refractivity contribution < 1.29 is 28.9 Å². The predicted molar refractivity (Wildman–Crippen MR) is 134 cm³/mol. The first kappa shape index (κ1) is 25.2. The van der Waals surface area contributed by atoms with E-state index in [9.17, 15) is 14.7 Å². The van der Waals surface area contributed by atoms with Gasteiger partial charge in [0.1, 0.15) is 11.5 Å². The molecule has 1 fully saturated rings. The minimum Gasteiger partial charge on any atom is -0.497 e. The number of benzene rings is 2. The second kappa shape index (κ2) is 10.8. The molecule has 2 aliphatic rings. The number of morpholine rings is 1. The molecule has 2 aliphatic heterocycles. The third-order valence-corrected chi connectivity index (χ3v) is 6.60. The molecule has 2 aromatic rings. The third kappa shape index (κ3) is 5.08. The number of halogens is 1. The molecule has 2 heterocycles. The van der Waals surface area contributed by atoms with E-state index in [4.69, 9.17) is 14.2 Å². The third-order valence-electron chi connectivity index (χ3n) is 6.11. The zero-order chi connectivity index (χ0) is 25.0. The Morgan fingerprint density at radius 3 is 2.69 bits per heavy atom. The van der Waals surface area contributed by atoms with Crippen molar-refractivity contribution >= 4 is 39.2 Å². The van der Waals surface area contributed by atoms with Gasteiger partial charge < -0.3 is 30.0 Å². The highest BCUT2D eigenvalue weighted by Crippen LogP contribution is 2.44. The summed E-state index contributed by atoms with van der Waals surface area (Å²) in [6.07, 6.45) is 0.686. The second-order valence-corrected chi connectivity index (χ2v) is 9.14. The summed E-state index contributed by atoms with van der Waals surface area (Å²) in [6.45, 7) is 4.23. The fourth-order valence-corrected chi connectivity index (χ4v) is 4.64. The Labute approximate surface area is 212 Å². The van der Waals surface area contributed by atoms with Crippen LogP contribution in [0.4, 0.5) is 16.2 Å². The number of hydrogen-bond donors (Lipinski definition) is 3. The monoisotopic (exact) mass is 548 g/mol. The average Bonchev–Trinajstić information content (AvgIpc) is 2.87. The highest BCUT2D eigenvalue weighted by molar-refractivity contribution is 9.10. The SMILES string of the molecule is COc1ccc(N2C(=O)Nc3ccc(Br)cc3C2(O)C(=O)NCCCN2CCOCC2)c(OC)c1. The molecule has 10 nitrogen and oxygen atoms in total. The van der Waals surface area contributed by atoms with Crippen molar-refractivity contribution in [3.8, 4) is 11.5 Å². The molecule has 0 bridgehead atoms. The minimum atomic E-state index is -2.33. The molecule has 3 amide bonds. The van der Waals surface area contributed by atoms with Gasteiger partial charge in [0.15, 0.2) is 0 Å². The number of nitrogens with one attached hydrogen (secondary N) is 2. The molecule has 35 heavy (non-hydrogen) atoms. The van der Waals surface area contributed by atoms with E-state index in [0.717, 1.165) is 24.5 Å². The first-order valence-corrected chi connectivity index (χ1v) is 12.1. The lowest BCUT2D eigenvalue weighted by molar-refractivity contribution is -0.140. The fourth-order valence-electron chi connectivity index (χ4n) is 4.28. The lowest BCUT2D eigenvalue weighted by Crippen LogP contribution is -2.62. The Hall–Kier alpha value is -2.86. The molecular weight excluding hydrogens is 520 g/mol. The molecule has 11 heteroatoms. The summed E-state index contributed by atoms with van der Waals surface area (Å²) in [5.74, 6) is 0.0466. The summed E-state index contributed by atoms with van der Waals surface area (Å²) in [5, 5.41) is 17.6. The maximum absolute atomic E-state index is 13.6. The molecule has 1 atom stereocenters. The first-order valence-electron chi connectivity index (χ1n) is 11.3. The van der Waals surface area contributed by atoms with E-state index in [2.05, 4.69) is 31.5 Å². The maximum Gasteiger partial charge on any atom is 0.329 e. The van der Waals surface area contributed by atoms with Gasteiger partial charge in [-0.2, -0.15) is 0 Å². The van der Waals surface area contributed by atoms with Crippen molar-refractivity contribution in [3.63, 3.8) is 0 Å². The smallest absolute Gasteiger partial charge is 0.329 e. The number of urea groups is 1. The van der Waals surface area contributed by atoms with E-state index in [-0.39, 0.29) is 17.0 Å². The Bertz CT molecular complexity index is 1090. The van der Waals surface area contributed by atoms with Gasteiger partial charge in [0, 0.05) is 35.7 Å². The van der Waals surface area contributed by atoms with Crippen molar-refractivity contribution in [2.24, 2.45) is 0 Å². The number of carbonyl (C=O) groups is 2. The summed E-state index contributed by atoms with van der Waals surface area (Å²) < 4.78 is 16.7. The van der Waals surface area contributed by atoms with Gasteiger partial charge in [-0.25, -0.2) is 9.69 Å². The number of anilines is 2. The molecule has 0 aromatic heterocycles. The number of methoxy groups -OCH3 is 2. The highest BCUT2D eigenvalue weighted by atomic mass is 79.9. The quantitative estimate of drug-likeness (QED) is 0.434. The molecule has 0 aliphatic carbocycles. The van der Waals surface area contributed by atoms with Gasteiger partial charge in [0.2, 0.25) is 0 Å². The van der Waals surface area contributed by atoms with Gasteiger partial charge in [0.05, 0.1) is 38.8 Å². The molecule has 1 unspecified atom stereocenters. The molecule has 3 N–H and O–H groups in total. The van der Waals surface area contributed by atoms with E-state index < -0.39 is 17.7 Å². The summed E-state index contributed by atoms with van der Waals surface area (Å²) in [4.78, 5) is 30.2. The fraction of sp³-hybridized carbons (Fsp3) is 0.417. The van der Waals surface area contributed by atoms with Crippen molar-refractivity contribution in [2.45, 2.75) is 12.1 Å². The van der Waals surface area contributed by atoms with Crippen LogP contribution >= 0.6 is 15.9 Å². The van der Waals surface area contributed by atoms with Crippen LogP contribution in [0, 0.1) is 0 Å². The number of amides is 3. The number of fused-ring (bicyclic) bond motifs is 1. The molecular formula is C24H29BrN4O6. The molecule has 0 saturated carbocycles. The van der Waals surface area contributed by atoms with Gasteiger partial charge in [0.25, 0.3) is 11.6 Å². The first-order chi connectivity index (χ1) is 16.9. The van der Waals surface area contributed by atoms with Crippen LogP contribution in [-0.4, -0.2) is 75.6 Å². The van der Waals surface area contributed by atoms with Crippen LogP contribution in [0.3, 0.4) is 0 Å². The predicted octanol–water partition coefficient (Wildman–Crippen LogP) is 2.50. The van der Waals surface area contributed by atoms with Gasteiger partial charge in [-0.1, -0.05) is 15.9 Å². The number of nitrogens with zero attached hydrogens (tertiary/aromatic N) is 2. The molecule has 1 saturated heterocycles. The summed E-state index contributed by atoms with van der Waals surface area (Å²) in [7, 11) is 2.95. The Balaban J connectivity index is 1.66. The second-order valence-electron chi connectivity index (χ2n) is 8.23. The van der Waals surface area contributed by atoms with E-state index in [1.165, 1.54) is 14.2 Å². The largest absolute Gasteiger partial charge is 0.497 e. The zero-order valence-electron chi connectivity index (χ0n) is 19.7. The standard InChI is InChI=1S/C24H29BrN4O6/c1-33-17-5-7-20(21(15-17)34-2)29-23(31)27-19-6-4-16(25)14-18(19)24(29,32)22(30)26-8-3-9-28-10-12-35-13-11-28/h4-7,14-15,32H,3,8-13H2,1-2H3,(H,26,30)(H,27,31). The summed E-state index contributed by atoms with van der Waals surface area (Å²) in [5.41, 5.74) is -1.55. The van der Waals surface area contributed by atoms with Gasteiger partial charge in [-0.05, 0) is 43.3 Å². The molecule has 0 spiro atoms. The van der Waals surface area contributed by atoms with E-state index >= 15 is 0 Å². The minimum absolute atomic E-state index is 0.211. The number of carbonyl (C=O) groups excluding carboxylic acids is 2. The van der Waals surface area contributed by atoms with Crippen LogP contribution in [0.5, 0.6) is 11.5 Å². The lowest BCUT2D eigenvalue weighted by Gasteiger charge is -2.43. The molecule has 4 rings (SSSR count). The Morgan fingerprint density at radius 1 is 1.20 bits per heavy atom. The zero-order valence-corrected chi connectivity index (χ0v) is 21.3. The number of ether oxygens (including phenoxy) is 3. The van der Waals surface area contributed by atoms with Crippen LogP contribution in [-0.2, 0) is 15.3 Å². The van der Waals surface area contributed by atoms with Gasteiger partial charge in [-0.3, -0.25) is 9.69 Å². The molecule has 0 radical (unpaired) electrons. The van der Waals surface area contributed by atoms with Crippen molar-refractivity contribution in [3.05, 3.63) is 46.4 Å². The number of rotatable bonds is 8. The van der Waals surface area contributed by atoms with Crippen LogP contribution in [0.15, 0.2) is 40.9 Å². The Morgan fingerprint density at radius 2 is 1.97 bits per heavy atom. The lowest BCUT2D eigenvalue weighted by atomic mass is 9.94. The van der Waals surface area contributed by atoms with Gasteiger partial charge >= 0.3 is 6.03 Å².